The van der Waals surface area contributed by atoms with Crippen LogP contribution in [0.2, 0.25) is 0 Å². The van der Waals surface area contributed by atoms with Crippen LogP contribution in [0.3, 0.4) is 0 Å². The average Bonchev–Trinajstić information content (AvgIpc) is 2.83. The molecule has 0 radical (unpaired) electrons. The Kier molecular flexibility index (Phi) is 8.10. The van der Waals surface area contributed by atoms with Crippen LogP contribution in [-0.2, 0) is 4.79 Å². The first-order chi connectivity index (χ1) is 16.3. The minimum Gasteiger partial charge on any atom is -0.493 e. The molecule has 2 amide bonds. The molecule has 3 rings (SSSR count). The molecule has 0 saturated carbocycles. The number of nitro groups is 1. The highest BCUT2D eigenvalue weighted by Gasteiger charge is 2.13. The van der Waals surface area contributed by atoms with Crippen molar-refractivity contribution in [2.75, 3.05) is 30.6 Å². The van der Waals surface area contributed by atoms with Crippen molar-refractivity contribution in [3.8, 4) is 11.5 Å². The van der Waals surface area contributed by atoms with Gasteiger partial charge in [0.1, 0.15) is 0 Å². The number of hydrogen-bond acceptors (Lipinski definition) is 7. The fourth-order valence-electron chi connectivity index (χ4n) is 3.08. The summed E-state index contributed by atoms with van der Waals surface area (Å²) in [5, 5.41) is 16.4. The van der Waals surface area contributed by atoms with Crippen molar-refractivity contribution in [1.82, 2.24) is 0 Å². The maximum atomic E-state index is 12.6. The number of methoxy groups -OCH3 is 2. The molecule has 0 aromatic heterocycles. The molecule has 0 atom stereocenters. The number of rotatable bonds is 9. The van der Waals surface area contributed by atoms with Crippen molar-refractivity contribution in [3.05, 3.63) is 81.9 Å². The van der Waals surface area contributed by atoms with Crippen LogP contribution in [0.5, 0.6) is 11.5 Å². The third kappa shape index (κ3) is 6.26. The van der Waals surface area contributed by atoms with Crippen LogP contribution in [0, 0.1) is 17.0 Å². The maximum Gasteiger partial charge on any atom is 0.269 e. The highest BCUT2D eigenvalue weighted by Crippen LogP contribution is 2.28. The number of hydrogen-bond donors (Lipinski definition) is 2. The highest BCUT2D eigenvalue weighted by atomic mass is 32.2. The monoisotopic (exact) mass is 481 g/mol. The van der Waals surface area contributed by atoms with Gasteiger partial charge in [-0.1, -0.05) is 6.07 Å². The van der Waals surface area contributed by atoms with Crippen LogP contribution in [0.25, 0.3) is 0 Å². The van der Waals surface area contributed by atoms with E-state index in [1.54, 1.807) is 43.3 Å². The van der Waals surface area contributed by atoms with Gasteiger partial charge in [0.2, 0.25) is 5.91 Å². The fraction of sp³-hybridized carbons (Fsp3) is 0.167. The number of carbonyl (C=O) groups excluding carboxylic acids is 2. The summed E-state index contributed by atoms with van der Waals surface area (Å²) < 4.78 is 10.4. The van der Waals surface area contributed by atoms with Gasteiger partial charge in [-0.15, -0.1) is 11.8 Å². The summed E-state index contributed by atoms with van der Waals surface area (Å²) in [7, 11) is 3.02. The Morgan fingerprint density at radius 2 is 1.74 bits per heavy atom. The third-order valence-electron chi connectivity index (χ3n) is 4.80. The molecule has 0 unspecified atom stereocenters. The summed E-state index contributed by atoms with van der Waals surface area (Å²) in [4.78, 5) is 36.2. The Morgan fingerprint density at radius 1 is 0.971 bits per heavy atom. The lowest BCUT2D eigenvalue weighted by atomic mass is 10.2. The summed E-state index contributed by atoms with van der Waals surface area (Å²) in [6, 6.07) is 16.3. The van der Waals surface area contributed by atoms with Crippen molar-refractivity contribution in [2.45, 2.75) is 11.8 Å². The zero-order valence-electron chi connectivity index (χ0n) is 18.8. The fourth-order valence-corrected chi connectivity index (χ4v) is 3.84. The molecule has 0 saturated heterocycles. The average molecular weight is 482 g/mol. The van der Waals surface area contributed by atoms with Gasteiger partial charge >= 0.3 is 0 Å². The lowest BCUT2D eigenvalue weighted by Gasteiger charge is -2.11. The summed E-state index contributed by atoms with van der Waals surface area (Å²) in [5.41, 5.74) is 2.08. The number of amides is 2. The summed E-state index contributed by atoms with van der Waals surface area (Å²) >= 11 is 1.30. The number of aryl methyl sites for hydroxylation is 1. The molecule has 0 heterocycles. The first-order valence-electron chi connectivity index (χ1n) is 10.1. The van der Waals surface area contributed by atoms with E-state index in [4.69, 9.17) is 9.47 Å². The number of carbonyl (C=O) groups is 2. The Balaban J connectivity index is 1.60. The van der Waals surface area contributed by atoms with E-state index in [1.165, 1.54) is 44.2 Å². The minimum absolute atomic E-state index is 0.0307. The van der Waals surface area contributed by atoms with Crippen molar-refractivity contribution < 1.29 is 24.0 Å². The topological polar surface area (TPSA) is 120 Å². The summed E-state index contributed by atoms with van der Waals surface area (Å²) in [6.07, 6.45) is 0. The van der Waals surface area contributed by atoms with Gasteiger partial charge in [-0.05, 0) is 55.0 Å². The standard InChI is InChI=1S/C24H23N3O6S/c1-15-11-18(27(30)31)8-9-20(15)26-23(28)14-34-19-6-4-5-17(13-19)25-24(29)16-7-10-21(32-2)22(12-16)33-3/h4-13H,14H2,1-3H3,(H,25,29)(H,26,28). The summed E-state index contributed by atoms with van der Waals surface area (Å²) in [5.74, 6) is 0.549. The van der Waals surface area contributed by atoms with Gasteiger partial charge in [0.15, 0.2) is 11.5 Å². The predicted octanol–water partition coefficient (Wildman–Crippen LogP) is 4.90. The van der Waals surface area contributed by atoms with Crippen molar-refractivity contribution in [2.24, 2.45) is 0 Å². The predicted molar refractivity (Wildman–Crippen MR) is 131 cm³/mol. The van der Waals surface area contributed by atoms with E-state index in [0.717, 1.165) is 4.90 Å². The van der Waals surface area contributed by atoms with E-state index in [0.29, 0.717) is 34.0 Å². The Bertz CT molecular complexity index is 1230. The molecule has 2 N–H and O–H groups in total. The molecular weight excluding hydrogens is 458 g/mol. The molecule has 0 bridgehead atoms. The molecule has 176 valence electrons. The van der Waals surface area contributed by atoms with Crippen LogP contribution in [0.15, 0.2) is 65.6 Å². The number of anilines is 2. The Morgan fingerprint density at radius 3 is 2.41 bits per heavy atom. The van der Waals surface area contributed by atoms with Crippen molar-refractivity contribution in [3.63, 3.8) is 0 Å². The smallest absolute Gasteiger partial charge is 0.269 e. The lowest BCUT2D eigenvalue weighted by molar-refractivity contribution is -0.384. The molecule has 0 aliphatic carbocycles. The van der Waals surface area contributed by atoms with Gasteiger partial charge in [0.25, 0.3) is 11.6 Å². The van der Waals surface area contributed by atoms with Crippen LogP contribution in [0.4, 0.5) is 17.1 Å². The number of benzene rings is 3. The summed E-state index contributed by atoms with van der Waals surface area (Å²) in [6.45, 7) is 1.69. The molecule has 3 aromatic rings. The number of nitrogens with zero attached hydrogens (tertiary/aromatic N) is 1. The van der Waals surface area contributed by atoms with E-state index in [1.807, 2.05) is 6.07 Å². The first kappa shape index (κ1) is 24.6. The molecule has 34 heavy (non-hydrogen) atoms. The van der Waals surface area contributed by atoms with Gasteiger partial charge in [-0.3, -0.25) is 19.7 Å². The normalized spacial score (nSPS) is 10.3. The van der Waals surface area contributed by atoms with E-state index >= 15 is 0 Å². The number of nitro benzene ring substituents is 1. The minimum atomic E-state index is -0.481. The van der Waals surface area contributed by atoms with Gasteiger partial charge < -0.3 is 20.1 Å². The van der Waals surface area contributed by atoms with Crippen LogP contribution in [-0.4, -0.2) is 36.7 Å². The molecule has 0 spiro atoms. The van der Waals surface area contributed by atoms with Crippen LogP contribution >= 0.6 is 11.8 Å². The van der Waals surface area contributed by atoms with Crippen molar-refractivity contribution in [1.29, 1.82) is 0 Å². The second-order valence-corrected chi connectivity index (χ2v) is 8.19. The first-order valence-corrected chi connectivity index (χ1v) is 11.1. The van der Waals surface area contributed by atoms with Crippen LogP contribution < -0.4 is 20.1 Å². The second kappa shape index (κ2) is 11.2. The molecule has 10 heteroatoms. The van der Waals surface area contributed by atoms with E-state index in [-0.39, 0.29) is 23.3 Å². The lowest BCUT2D eigenvalue weighted by Crippen LogP contribution is -2.15. The van der Waals surface area contributed by atoms with E-state index in [2.05, 4.69) is 10.6 Å². The zero-order chi connectivity index (χ0) is 24.7. The van der Waals surface area contributed by atoms with Crippen molar-refractivity contribution >= 4 is 40.6 Å². The van der Waals surface area contributed by atoms with E-state index in [9.17, 15) is 19.7 Å². The Labute approximate surface area is 200 Å². The number of ether oxygens (including phenoxy) is 2. The quantitative estimate of drug-likeness (QED) is 0.253. The van der Waals surface area contributed by atoms with Gasteiger partial charge in [0, 0.05) is 34.0 Å². The highest BCUT2D eigenvalue weighted by molar-refractivity contribution is 8.00. The van der Waals surface area contributed by atoms with E-state index < -0.39 is 4.92 Å². The van der Waals surface area contributed by atoms with Gasteiger partial charge in [0.05, 0.1) is 24.9 Å². The molecule has 0 fully saturated rings. The molecule has 0 aliphatic rings. The number of thioether (sulfide) groups is 1. The maximum absolute atomic E-state index is 12.6. The Hall–Kier alpha value is -4.05. The van der Waals surface area contributed by atoms with Crippen LogP contribution in [0.1, 0.15) is 15.9 Å². The molecule has 9 nitrogen and oxygen atoms in total. The second-order valence-electron chi connectivity index (χ2n) is 7.14. The molecule has 3 aromatic carbocycles. The number of nitrogens with one attached hydrogen (secondary N) is 2. The molecular formula is C24H23N3O6S. The third-order valence-corrected chi connectivity index (χ3v) is 5.80. The zero-order valence-corrected chi connectivity index (χ0v) is 19.6. The van der Waals surface area contributed by atoms with Gasteiger partial charge in [-0.25, -0.2) is 0 Å². The SMILES string of the molecule is COc1ccc(C(=O)Nc2cccc(SCC(=O)Nc3ccc([N+](=O)[O-])cc3C)c2)cc1OC. The number of non-ortho nitro benzene ring substituents is 1. The molecule has 0 aliphatic heterocycles. The largest absolute Gasteiger partial charge is 0.493 e. The van der Waals surface area contributed by atoms with Gasteiger partial charge in [-0.2, -0.15) is 0 Å².